The number of carbonyl (C=O) groups excluding carboxylic acids is 1. The van der Waals surface area contributed by atoms with Gasteiger partial charge in [-0.05, 0) is 42.3 Å². The third kappa shape index (κ3) is 3.93. The van der Waals surface area contributed by atoms with Crippen LogP contribution in [0.1, 0.15) is 22.8 Å². The molecule has 1 amide bonds. The van der Waals surface area contributed by atoms with E-state index in [1.807, 2.05) is 42.5 Å². The van der Waals surface area contributed by atoms with Gasteiger partial charge in [0.05, 0.1) is 5.71 Å². The normalized spacial score (nSPS) is 11.2. The molecule has 0 unspecified atom stereocenters. The zero-order chi connectivity index (χ0) is 17.6. The smallest absolute Gasteiger partial charge is 0.271 e. The van der Waals surface area contributed by atoms with Gasteiger partial charge in [-0.15, -0.1) is 0 Å². The molecule has 0 saturated carbocycles. The second-order valence-electron chi connectivity index (χ2n) is 5.60. The molecular formula is C21H18N2O2. The maximum Gasteiger partial charge on any atom is 0.271 e. The van der Waals surface area contributed by atoms with E-state index in [9.17, 15) is 9.90 Å². The Labute approximate surface area is 146 Å². The van der Waals surface area contributed by atoms with Crippen LogP contribution in [0.15, 0.2) is 84.0 Å². The highest BCUT2D eigenvalue weighted by atomic mass is 16.3. The maximum absolute atomic E-state index is 12.2. The molecule has 4 heteroatoms. The van der Waals surface area contributed by atoms with E-state index in [-0.39, 0.29) is 11.7 Å². The summed E-state index contributed by atoms with van der Waals surface area (Å²) in [7, 11) is 0. The van der Waals surface area contributed by atoms with Crippen molar-refractivity contribution in [1.29, 1.82) is 0 Å². The van der Waals surface area contributed by atoms with E-state index in [4.69, 9.17) is 0 Å². The molecule has 0 aliphatic heterocycles. The first kappa shape index (κ1) is 16.5. The number of hydrazone groups is 1. The standard InChI is InChI=1S/C21H18N2O2/c1-15(19-9-5-6-10-20(19)24)22-23-21(25)18-13-11-17(12-14-18)16-7-3-2-4-8-16/h2-14,24H,1H3,(H,23,25)/b22-15+. The van der Waals surface area contributed by atoms with Crippen LogP contribution < -0.4 is 5.43 Å². The summed E-state index contributed by atoms with van der Waals surface area (Å²) in [6.45, 7) is 1.73. The first-order chi connectivity index (χ1) is 12.1. The van der Waals surface area contributed by atoms with Gasteiger partial charge in [0.25, 0.3) is 5.91 Å². The largest absolute Gasteiger partial charge is 0.507 e. The molecule has 0 aromatic heterocycles. The van der Waals surface area contributed by atoms with E-state index >= 15 is 0 Å². The second kappa shape index (κ2) is 7.45. The minimum atomic E-state index is -0.297. The number of carbonyl (C=O) groups is 1. The number of rotatable bonds is 4. The van der Waals surface area contributed by atoms with Crippen molar-refractivity contribution in [2.75, 3.05) is 0 Å². The summed E-state index contributed by atoms with van der Waals surface area (Å²) in [6.07, 6.45) is 0. The van der Waals surface area contributed by atoms with Crippen LogP contribution in [0.3, 0.4) is 0 Å². The SMILES string of the molecule is C/C(=N\NC(=O)c1ccc(-c2ccccc2)cc1)c1ccccc1O. The highest BCUT2D eigenvalue weighted by molar-refractivity contribution is 6.02. The summed E-state index contributed by atoms with van der Waals surface area (Å²) in [4.78, 5) is 12.2. The molecule has 4 nitrogen and oxygen atoms in total. The van der Waals surface area contributed by atoms with Crippen LogP contribution in [0, 0.1) is 0 Å². The molecule has 124 valence electrons. The summed E-state index contributed by atoms with van der Waals surface area (Å²) in [6, 6.07) is 24.2. The minimum Gasteiger partial charge on any atom is -0.507 e. The molecule has 0 heterocycles. The molecule has 25 heavy (non-hydrogen) atoms. The number of phenols is 1. The molecule has 0 atom stereocenters. The lowest BCUT2D eigenvalue weighted by atomic mass is 10.0. The fraction of sp³-hybridized carbons (Fsp3) is 0.0476. The Balaban J connectivity index is 1.71. The Hall–Kier alpha value is -3.40. The van der Waals surface area contributed by atoms with Gasteiger partial charge in [0.2, 0.25) is 0 Å². The quantitative estimate of drug-likeness (QED) is 0.556. The zero-order valence-electron chi connectivity index (χ0n) is 13.8. The van der Waals surface area contributed by atoms with Gasteiger partial charge in [-0.2, -0.15) is 5.10 Å². The molecule has 2 N–H and O–H groups in total. The van der Waals surface area contributed by atoms with Crippen LogP contribution in [-0.4, -0.2) is 16.7 Å². The number of nitrogens with one attached hydrogen (secondary N) is 1. The third-order valence-electron chi connectivity index (χ3n) is 3.87. The number of benzene rings is 3. The molecular weight excluding hydrogens is 312 g/mol. The van der Waals surface area contributed by atoms with Crippen LogP contribution in [0.5, 0.6) is 5.75 Å². The topological polar surface area (TPSA) is 61.7 Å². The third-order valence-corrected chi connectivity index (χ3v) is 3.87. The highest BCUT2D eigenvalue weighted by Gasteiger charge is 2.07. The van der Waals surface area contributed by atoms with Gasteiger partial charge in [-0.1, -0.05) is 54.6 Å². The molecule has 0 radical (unpaired) electrons. The number of para-hydroxylation sites is 1. The van der Waals surface area contributed by atoms with Crippen molar-refractivity contribution in [3.8, 4) is 16.9 Å². The van der Waals surface area contributed by atoms with Gasteiger partial charge in [0, 0.05) is 11.1 Å². The zero-order valence-corrected chi connectivity index (χ0v) is 13.8. The second-order valence-corrected chi connectivity index (χ2v) is 5.60. The predicted octanol–water partition coefficient (Wildman–Crippen LogP) is 4.21. The molecule has 3 aromatic carbocycles. The van der Waals surface area contributed by atoms with Gasteiger partial charge in [-0.25, -0.2) is 5.43 Å². The van der Waals surface area contributed by atoms with Crippen LogP contribution in [0.25, 0.3) is 11.1 Å². The number of aromatic hydroxyl groups is 1. The Kier molecular flexibility index (Phi) is 4.90. The van der Waals surface area contributed by atoms with Crippen molar-refractivity contribution in [2.24, 2.45) is 5.10 Å². The van der Waals surface area contributed by atoms with E-state index in [1.54, 1.807) is 43.3 Å². The summed E-state index contributed by atoms with van der Waals surface area (Å²) in [5, 5.41) is 13.9. The average molecular weight is 330 g/mol. The van der Waals surface area contributed by atoms with Gasteiger partial charge >= 0.3 is 0 Å². The molecule has 0 fully saturated rings. The predicted molar refractivity (Wildman–Crippen MR) is 99.7 cm³/mol. The van der Waals surface area contributed by atoms with Gasteiger partial charge in [0.15, 0.2) is 0 Å². The number of phenolic OH excluding ortho intramolecular Hbond substituents is 1. The summed E-state index contributed by atoms with van der Waals surface area (Å²) >= 11 is 0. The van der Waals surface area contributed by atoms with Crippen molar-refractivity contribution in [3.05, 3.63) is 90.0 Å². The molecule has 0 saturated heterocycles. The Morgan fingerprint density at radius 1 is 0.840 bits per heavy atom. The van der Waals surface area contributed by atoms with E-state index in [1.165, 1.54) is 0 Å². The van der Waals surface area contributed by atoms with Crippen LogP contribution in [-0.2, 0) is 0 Å². The number of nitrogens with zero attached hydrogens (tertiary/aromatic N) is 1. The van der Waals surface area contributed by atoms with E-state index in [0.29, 0.717) is 16.8 Å². The van der Waals surface area contributed by atoms with Gasteiger partial charge in [-0.3, -0.25) is 4.79 Å². The van der Waals surface area contributed by atoms with E-state index in [0.717, 1.165) is 11.1 Å². The molecule has 0 bridgehead atoms. The number of hydrogen-bond donors (Lipinski definition) is 2. The Morgan fingerprint density at radius 3 is 2.12 bits per heavy atom. The van der Waals surface area contributed by atoms with Crippen molar-refractivity contribution >= 4 is 11.6 Å². The van der Waals surface area contributed by atoms with Crippen LogP contribution >= 0.6 is 0 Å². The number of hydrogen-bond acceptors (Lipinski definition) is 3. The van der Waals surface area contributed by atoms with Gasteiger partial charge in [0.1, 0.15) is 5.75 Å². The first-order valence-electron chi connectivity index (χ1n) is 7.93. The highest BCUT2D eigenvalue weighted by Crippen LogP contribution is 2.19. The fourth-order valence-corrected chi connectivity index (χ4v) is 2.48. The molecule has 0 aliphatic carbocycles. The lowest BCUT2D eigenvalue weighted by Gasteiger charge is -2.06. The average Bonchev–Trinajstić information content (AvgIpc) is 2.67. The van der Waals surface area contributed by atoms with Crippen LogP contribution in [0.2, 0.25) is 0 Å². The minimum absolute atomic E-state index is 0.130. The van der Waals surface area contributed by atoms with Gasteiger partial charge < -0.3 is 5.11 Å². The summed E-state index contributed by atoms with van der Waals surface area (Å²) in [5.74, 6) is -0.167. The van der Waals surface area contributed by atoms with Crippen molar-refractivity contribution in [3.63, 3.8) is 0 Å². The van der Waals surface area contributed by atoms with Crippen molar-refractivity contribution < 1.29 is 9.90 Å². The molecule has 0 spiro atoms. The Morgan fingerprint density at radius 2 is 1.44 bits per heavy atom. The van der Waals surface area contributed by atoms with Crippen molar-refractivity contribution in [2.45, 2.75) is 6.92 Å². The lowest BCUT2D eigenvalue weighted by molar-refractivity contribution is 0.0955. The van der Waals surface area contributed by atoms with Crippen molar-refractivity contribution in [1.82, 2.24) is 5.43 Å². The van der Waals surface area contributed by atoms with E-state index in [2.05, 4.69) is 10.5 Å². The monoisotopic (exact) mass is 330 g/mol. The molecule has 3 rings (SSSR count). The fourth-order valence-electron chi connectivity index (χ4n) is 2.48. The number of amides is 1. The summed E-state index contributed by atoms with van der Waals surface area (Å²) < 4.78 is 0. The lowest BCUT2D eigenvalue weighted by Crippen LogP contribution is -2.19. The van der Waals surface area contributed by atoms with E-state index < -0.39 is 0 Å². The molecule has 0 aliphatic rings. The summed E-state index contributed by atoms with van der Waals surface area (Å²) in [5.41, 5.74) is 6.31. The van der Waals surface area contributed by atoms with Crippen LogP contribution in [0.4, 0.5) is 0 Å². The molecule has 3 aromatic rings. The maximum atomic E-state index is 12.2. The Bertz CT molecular complexity index is 901. The first-order valence-corrected chi connectivity index (χ1v) is 7.93.